The maximum absolute atomic E-state index is 5.98. The van der Waals surface area contributed by atoms with E-state index in [2.05, 4.69) is 0 Å². The van der Waals surface area contributed by atoms with Crippen LogP contribution in [-0.4, -0.2) is 36.5 Å². The van der Waals surface area contributed by atoms with Crippen molar-refractivity contribution in [2.45, 2.75) is 29.8 Å². The SMILES string of the molecule is NC[C@@]12COC3(C[C@@H]3O1)C2N. The average molecular weight is 156 g/mol. The van der Waals surface area contributed by atoms with E-state index < -0.39 is 0 Å². The summed E-state index contributed by atoms with van der Waals surface area (Å²) in [5.41, 5.74) is 11.1. The van der Waals surface area contributed by atoms with Crippen LogP contribution in [0.3, 0.4) is 0 Å². The maximum atomic E-state index is 5.98. The quantitative estimate of drug-likeness (QED) is 0.489. The Morgan fingerprint density at radius 1 is 1.55 bits per heavy atom. The summed E-state index contributed by atoms with van der Waals surface area (Å²) in [5, 5.41) is 0. The average Bonchev–Trinajstić information content (AvgIpc) is 2.65. The van der Waals surface area contributed by atoms with Gasteiger partial charge in [0.05, 0.1) is 18.8 Å². The molecule has 11 heavy (non-hydrogen) atoms. The van der Waals surface area contributed by atoms with Crippen molar-refractivity contribution < 1.29 is 9.47 Å². The van der Waals surface area contributed by atoms with Gasteiger partial charge in [-0.25, -0.2) is 0 Å². The van der Waals surface area contributed by atoms with E-state index in [1.165, 1.54) is 0 Å². The summed E-state index contributed by atoms with van der Waals surface area (Å²) in [5.74, 6) is 0. The molecule has 1 aliphatic carbocycles. The van der Waals surface area contributed by atoms with Gasteiger partial charge >= 0.3 is 0 Å². The number of nitrogens with two attached hydrogens (primary N) is 2. The van der Waals surface area contributed by atoms with Crippen molar-refractivity contribution in [3.8, 4) is 0 Å². The van der Waals surface area contributed by atoms with Gasteiger partial charge in [0.25, 0.3) is 0 Å². The molecule has 62 valence electrons. The summed E-state index contributed by atoms with van der Waals surface area (Å²) in [4.78, 5) is 0. The Labute approximate surface area is 64.8 Å². The minimum Gasteiger partial charge on any atom is -0.367 e. The third-order valence-electron chi connectivity index (χ3n) is 3.29. The molecule has 4 heteroatoms. The van der Waals surface area contributed by atoms with Gasteiger partial charge in [-0.1, -0.05) is 0 Å². The van der Waals surface area contributed by atoms with E-state index in [-0.39, 0.29) is 23.3 Å². The van der Waals surface area contributed by atoms with Gasteiger partial charge in [0.1, 0.15) is 11.2 Å². The summed E-state index contributed by atoms with van der Waals surface area (Å²) < 4.78 is 11.3. The van der Waals surface area contributed by atoms with Gasteiger partial charge in [0, 0.05) is 13.0 Å². The van der Waals surface area contributed by atoms with Crippen molar-refractivity contribution in [2.24, 2.45) is 11.5 Å². The lowest BCUT2D eigenvalue weighted by molar-refractivity contribution is -0.0930. The number of hydrogen-bond acceptors (Lipinski definition) is 4. The highest BCUT2D eigenvalue weighted by Gasteiger charge is 2.78. The smallest absolute Gasteiger partial charge is 0.122 e. The zero-order chi connectivity index (χ0) is 7.69. The normalized spacial score (nSPS) is 64.9. The van der Waals surface area contributed by atoms with E-state index in [0.717, 1.165) is 6.42 Å². The van der Waals surface area contributed by atoms with Crippen molar-refractivity contribution in [1.29, 1.82) is 0 Å². The first kappa shape index (κ1) is 6.37. The van der Waals surface area contributed by atoms with Crippen LogP contribution < -0.4 is 11.5 Å². The Hall–Kier alpha value is -0.160. The predicted octanol–water partition coefficient (Wildman–Crippen LogP) is -1.42. The largest absolute Gasteiger partial charge is 0.367 e. The topological polar surface area (TPSA) is 70.5 Å². The molecule has 0 aromatic heterocycles. The van der Waals surface area contributed by atoms with E-state index in [4.69, 9.17) is 20.9 Å². The van der Waals surface area contributed by atoms with Gasteiger partial charge < -0.3 is 20.9 Å². The van der Waals surface area contributed by atoms with E-state index in [0.29, 0.717) is 13.2 Å². The Balaban J connectivity index is 2.02. The third-order valence-corrected chi connectivity index (χ3v) is 3.29. The molecule has 0 radical (unpaired) electrons. The predicted molar refractivity (Wildman–Crippen MR) is 37.9 cm³/mol. The summed E-state index contributed by atoms with van der Waals surface area (Å²) in [6.45, 7) is 1.06. The molecule has 2 unspecified atom stereocenters. The van der Waals surface area contributed by atoms with Crippen molar-refractivity contribution in [1.82, 2.24) is 0 Å². The molecule has 3 fully saturated rings. The Morgan fingerprint density at radius 3 is 2.73 bits per heavy atom. The van der Waals surface area contributed by atoms with E-state index in [9.17, 15) is 0 Å². The lowest BCUT2D eigenvalue weighted by Crippen LogP contribution is -2.53. The molecule has 1 saturated carbocycles. The standard InChI is InChI=1S/C7H12N2O2/c8-2-6-3-10-7(5(6)9)1-4(7)11-6/h4-5H,1-3,8-9H2/t4-,5?,6-,7?/m0/s1. The molecule has 4 atom stereocenters. The zero-order valence-corrected chi connectivity index (χ0v) is 6.25. The molecule has 2 heterocycles. The number of hydrogen-bond donors (Lipinski definition) is 2. The summed E-state index contributed by atoms with van der Waals surface area (Å²) in [6, 6.07) is 0.00463. The van der Waals surface area contributed by atoms with Crippen LogP contribution in [0.25, 0.3) is 0 Å². The van der Waals surface area contributed by atoms with Crippen LogP contribution in [0, 0.1) is 0 Å². The fourth-order valence-electron chi connectivity index (χ4n) is 2.36. The van der Waals surface area contributed by atoms with Crippen molar-refractivity contribution in [3.05, 3.63) is 0 Å². The lowest BCUT2D eigenvalue weighted by Gasteiger charge is -2.27. The Morgan fingerprint density at radius 2 is 2.36 bits per heavy atom. The molecule has 4 N–H and O–H groups in total. The molecule has 0 aromatic carbocycles. The fraction of sp³-hybridized carbons (Fsp3) is 1.00. The summed E-state index contributed by atoms with van der Waals surface area (Å²) >= 11 is 0. The highest BCUT2D eigenvalue weighted by Crippen LogP contribution is 2.60. The fourth-order valence-corrected chi connectivity index (χ4v) is 2.36. The highest BCUT2D eigenvalue weighted by molar-refractivity contribution is 5.29. The highest BCUT2D eigenvalue weighted by atomic mass is 16.6. The van der Waals surface area contributed by atoms with Crippen LogP contribution in [0.4, 0.5) is 0 Å². The Kier molecular flexibility index (Phi) is 0.853. The first-order valence-electron chi connectivity index (χ1n) is 4.01. The van der Waals surface area contributed by atoms with E-state index in [1.807, 2.05) is 0 Å². The van der Waals surface area contributed by atoms with Crippen LogP contribution in [0.1, 0.15) is 6.42 Å². The molecule has 4 nitrogen and oxygen atoms in total. The van der Waals surface area contributed by atoms with Crippen LogP contribution in [0.5, 0.6) is 0 Å². The maximum Gasteiger partial charge on any atom is 0.122 e. The van der Waals surface area contributed by atoms with Crippen molar-refractivity contribution >= 4 is 0 Å². The van der Waals surface area contributed by atoms with E-state index in [1.54, 1.807) is 0 Å². The van der Waals surface area contributed by atoms with Crippen molar-refractivity contribution in [3.63, 3.8) is 0 Å². The molecule has 2 bridgehead atoms. The van der Waals surface area contributed by atoms with Crippen LogP contribution in [0.15, 0.2) is 0 Å². The van der Waals surface area contributed by atoms with Crippen LogP contribution >= 0.6 is 0 Å². The molecular weight excluding hydrogens is 144 g/mol. The van der Waals surface area contributed by atoms with Crippen LogP contribution in [0.2, 0.25) is 0 Å². The second-order valence-electron chi connectivity index (χ2n) is 3.80. The molecule has 0 aromatic rings. The van der Waals surface area contributed by atoms with Crippen molar-refractivity contribution in [2.75, 3.05) is 13.2 Å². The molecule has 1 spiro atoms. The number of ether oxygens (including phenoxy) is 2. The number of fused-ring (bicyclic) bond motifs is 1. The first-order chi connectivity index (χ1) is 5.23. The molecule has 2 aliphatic heterocycles. The van der Waals surface area contributed by atoms with Gasteiger partial charge in [-0.15, -0.1) is 0 Å². The Bertz CT molecular complexity index is 222. The number of rotatable bonds is 1. The molecular formula is C7H12N2O2. The molecule has 3 aliphatic rings. The molecule has 3 rings (SSSR count). The lowest BCUT2D eigenvalue weighted by atomic mass is 9.95. The molecule has 0 amide bonds. The van der Waals surface area contributed by atoms with E-state index >= 15 is 0 Å². The zero-order valence-electron chi connectivity index (χ0n) is 6.25. The monoisotopic (exact) mass is 156 g/mol. The second kappa shape index (κ2) is 1.47. The van der Waals surface area contributed by atoms with Gasteiger partial charge in [-0.2, -0.15) is 0 Å². The first-order valence-corrected chi connectivity index (χ1v) is 4.01. The second-order valence-corrected chi connectivity index (χ2v) is 3.80. The minimum atomic E-state index is -0.344. The minimum absolute atomic E-state index is 0.00463. The van der Waals surface area contributed by atoms with Crippen LogP contribution in [-0.2, 0) is 9.47 Å². The third kappa shape index (κ3) is 0.471. The van der Waals surface area contributed by atoms with Gasteiger partial charge in [0.2, 0.25) is 0 Å². The van der Waals surface area contributed by atoms with Gasteiger partial charge in [0.15, 0.2) is 0 Å². The van der Waals surface area contributed by atoms with Gasteiger partial charge in [-0.3, -0.25) is 0 Å². The summed E-state index contributed by atoms with van der Waals surface area (Å²) in [7, 11) is 0. The van der Waals surface area contributed by atoms with Gasteiger partial charge in [-0.05, 0) is 0 Å². The summed E-state index contributed by atoms with van der Waals surface area (Å²) in [6.07, 6.45) is 1.21. The molecule has 2 saturated heterocycles.